The monoisotopic (exact) mass is 519 g/mol. The maximum absolute atomic E-state index is 12.7. The van der Waals surface area contributed by atoms with Crippen LogP contribution in [0.2, 0.25) is 5.02 Å². The summed E-state index contributed by atoms with van der Waals surface area (Å²) < 4.78 is 16.2. The Morgan fingerprint density at radius 3 is 2.38 bits per heavy atom. The second-order valence-electron chi connectivity index (χ2n) is 7.94. The third-order valence-electron chi connectivity index (χ3n) is 5.51. The minimum Gasteiger partial charge on any atom is -0.495 e. The highest BCUT2D eigenvalue weighted by Gasteiger charge is 2.16. The van der Waals surface area contributed by atoms with E-state index in [-0.39, 0.29) is 28.7 Å². The summed E-state index contributed by atoms with van der Waals surface area (Å²) in [5.74, 6) is -0.0931. The molecule has 0 bridgehead atoms. The molecule has 190 valence electrons. The van der Waals surface area contributed by atoms with Crippen LogP contribution < -0.4 is 24.8 Å². The third-order valence-corrected chi connectivity index (χ3v) is 5.79. The molecule has 0 atom stereocenters. The lowest BCUT2D eigenvalue weighted by Gasteiger charge is -2.14. The summed E-state index contributed by atoms with van der Waals surface area (Å²) in [6.45, 7) is 3.48. The normalized spacial score (nSPS) is 10.8. The zero-order valence-corrected chi connectivity index (χ0v) is 21.6. The molecule has 3 aromatic carbocycles. The van der Waals surface area contributed by atoms with E-state index in [0.717, 1.165) is 11.1 Å². The molecule has 0 spiro atoms. The van der Waals surface area contributed by atoms with Gasteiger partial charge >= 0.3 is 0 Å². The van der Waals surface area contributed by atoms with Crippen molar-refractivity contribution < 1.29 is 23.8 Å². The van der Waals surface area contributed by atoms with Crippen molar-refractivity contribution in [2.24, 2.45) is 0 Å². The van der Waals surface area contributed by atoms with Crippen LogP contribution in [-0.4, -0.2) is 32.6 Å². The number of methoxy groups -OCH3 is 2. The number of aryl methyl sites for hydroxylation is 1. The van der Waals surface area contributed by atoms with Gasteiger partial charge in [-0.2, -0.15) is 5.26 Å². The van der Waals surface area contributed by atoms with E-state index in [1.165, 1.54) is 26.4 Å². The first-order chi connectivity index (χ1) is 17.8. The van der Waals surface area contributed by atoms with Crippen molar-refractivity contribution in [2.75, 3.05) is 31.5 Å². The average Bonchev–Trinajstić information content (AvgIpc) is 2.89. The summed E-state index contributed by atoms with van der Waals surface area (Å²) in [5, 5.41) is 15.2. The molecular formula is C28H26ClN3O5. The summed E-state index contributed by atoms with van der Waals surface area (Å²) in [5.41, 5.74) is 3.37. The molecule has 0 saturated carbocycles. The van der Waals surface area contributed by atoms with Gasteiger partial charge in [-0.05, 0) is 66.9 Å². The standard InChI is InChI=1S/C28H26ClN3O5/c1-17-8-7-10-22(18(17)2)32-28(34)20(15-30)12-19-13-21(29)27(25(14-19)36-4)37-16-26(33)31-23-9-5-6-11-24(23)35-3/h5-14H,16H2,1-4H3,(H,31,33)(H,32,34)/b20-12-. The molecule has 9 heteroatoms. The molecule has 2 amide bonds. The lowest BCUT2D eigenvalue weighted by Crippen LogP contribution is -2.20. The Bertz CT molecular complexity index is 1400. The zero-order valence-electron chi connectivity index (χ0n) is 20.8. The Morgan fingerprint density at radius 2 is 1.68 bits per heavy atom. The molecule has 8 nitrogen and oxygen atoms in total. The Kier molecular flexibility index (Phi) is 9.14. The number of rotatable bonds is 9. The number of ether oxygens (including phenoxy) is 3. The van der Waals surface area contributed by atoms with E-state index in [1.807, 2.05) is 32.0 Å². The second-order valence-corrected chi connectivity index (χ2v) is 8.35. The highest BCUT2D eigenvalue weighted by Crippen LogP contribution is 2.37. The number of carbonyl (C=O) groups is 2. The summed E-state index contributed by atoms with van der Waals surface area (Å²) in [6, 6.07) is 17.5. The minimum absolute atomic E-state index is 0.121. The third kappa shape index (κ3) is 6.81. The molecule has 37 heavy (non-hydrogen) atoms. The predicted octanol–water partition coefficient (Wildman–Crippen LogP) is 5.54. The highest BCUT2D eigenvalue weighted by atomic mass is 35.5. The maximum Gasteiger partial charge on any atom is 0.266 e. The van der Waals surface area contributed by atoms with Crippen LogP contribution in [-0.2, 0) is 9.59 Å². The number of anilines is 2. The van der Waals surface area contributed by atoms with E-state index in [9.17, 15) is 14.9 Å². The molecule has 0 aromatic heterocycles. The van der Waals surface area contributed by atoms with Crippen LogP contribution in [0.15, 0.2) is 60.2 Å². The summed E-state index contributed by atoms with van der Waals surface area (Å²) in [4.78, 5) is 25.2. The first kappa shape index (κ1) is 27.1. The quantitative estimate of drug-likeness (QED) is 0.284. The van der Waals surface area contributed by atoms with Crippen molar-refractivity contribution in [2.45, 2.75) is 13.8 Å². The van der Waals surface area contributed by atoms with E-state index in [0.29, 0.717) is 22.7 Å². The fourth-order valence-electron chi connectivity index (χ4n) is 3.43. The van der Waals surface area contributed by atoms with Gasteiger partial charge in [-0.3, -0.25) is 9.59 Å². The number of amides is 2. The summed E-state index contributed by atoms with van der Waals surface area (Å²) in [6.07, 6.45) is 1.40. The lowest BCUT2D eigenvalue weighted by atomic mass is 10.1. The van der Waals surface area contributed by atoms with Crippen LogP contribution >= 0.6 is 11.6 Å². The smallest absolute Gasteiger partial charge is 0.266 e. The largest absolute Gasteiger partial charge is 0.495 e. The highest BCUT2D eigenvalue weighted by molar-refractivity contribution is 6.32. The lowest BCUT2D eigenvalue weighted by molar-refractivity contribution is -0.118. The van der Waals surface area contributed by atoms with Gasteiger partial charge in [0, 0.05) is 5.69 Å². The average molecular weight is 520 g/mol. The molecule has 0 aliphatic rings. The van der Waals surface area contributed by atoms with Gasteiger partial charge in [-0.15, -0.1) is 0 Å². The number of nitrogens with one attached hydrogen (secondary N) is 2. The fourth-order valence-corrected chi connectivity index (χ4v) is 3.70. The van der Waals surface area contributed by atoms with E-state index < -0.39 is 11.8 Å². The van der Waals surface area contributed by atoms with E-state index in [2.05, 4.69) is 10.6 Å². The van der Waals surface area contributed by atoms with Gasteiger partial charge in [-0.1, -0.05) is 35.9 Å². The van der Waals surface area contributed by atoms with Gasteiger partial charge < -0.3 is 24.8 Å². The molecule has 0 aliphatic carbocycles. The van der Waals surface area contributed by atoms with Crippen LogP contribution in [0.5, 0.6) is 17.2 Å². The number of hydrogen-bond donors (Lipinski definition) is 2. The molecule has 0 heterocycles. The molecule has 0 unspecified atom stereocenters. The Labute approximate surface area is 220 Å². The van der Waals surface area contributed by atoms with Gasteiger partial charge in [0.25, 0.3) is 11.8 Å². The first-order valence-corrected chi connectivity index (χ1v) is 11.6. The minimum atomic E-state index is -0.556. The zero-order chi connectivity index (χ0) is 26.9. The SMILES string of the molecule is COc1ccccc1NC(=O)COc1c(Cl)cc(/C=C(/C#N)C(=O)Nc2cccc(C)c2C)cc1OC. The van der Waals surface area contributed by atoms with Crippen molar-refractivity contribution in [3.05, 3.63) is 81.9 Å². The number of nitriles is 1. The molecule has 0 fully saturated rings. The number of nitrogens with zero attached hydrogens (tertiary/aromatic N) is 1. The first-order valence-electron chi connectivity index (χ1n) is 11.2. The predicted molar refractivity (Wildman–Crippen MR) is 143 cm³/mol. The topological polar surface area (TPSA) is 110 Å². The van der Waals surface area contributed by atoms with Crippen LogP contribution in [0, 0.1) is 25.2 Å². The molecule has 3 rings (SSSR count). The number of benzene rings is 3. The fraction of sp³-hybridized carbons (Fsp3) is 0.179. The second kappa shape index (κ2) is 12.5. The van der Waals surface area contributed by atoms with Crippen LogP contribution in [0.3, 0.4) is 0 Å². The van der Waals surface area contributed by atoms with Crippen molar-refractivity contribution >= 4 is 40.9 Å². The molecule has 0 saturated heterocycles. The van der Waals surface area contributed by atoms with E-state index >= 15 is 0 Å². The van der Waals surface area contributed by atoms with Crippen molar-refractivity contribution in [3.8, 4) is 23.3 Å². The number of carbonyl (C=O) groups excluding carboxylic acids is 2. The van der Waals surface area contributed by atoms with Gasteiger partial charge in [-0.25, -0.2) is 0 Å². The molecular weight excluding hydrogens is 494 g/mol. The number of para-hydroxylation sites is 2. The van der Waals surface area contributed by atoms with Crippen LogP contribution in [0.25, 0.3) is 6.08 Å². The Balaban J connectivity index is 1.76. The van der Waals surface area contributed by atoms with Gasteiger partial charge in [0.05, 0.1) is 24.9 Å². The van der Waals surface area contributed by atoms with Crippen molar-refractivity contribution in [1.29, 1.82) is 5.26 Å². The van der Waals surface area contributed by atoms with Crippen LogP contribution in [0.4, 0.5) is 11.4 Å². The Morgan fingerprint density at radius 1 is 0.973 bits per heavy atom. The van der Waals surface area contributed by atoms with Crippen molar-refractivity contribution in [3.63, 3.8) is 0 Å². The van der Waals surface area contributed by atoms with Gasteiger partial charge in [0.1, 0.15) is 17.4 Å². The van der Waals surface area contributed by atoms with E-state index in [1.54, 1.807) is 36.4 Å². The molecule has 2 N–H and O–H groups in total. The number of halogens is 1. The van der Waals surface area contributed by atoms with Gasteiger partial charge in [0.2, 0.25) is 0 Å². The molecule has 3 aromatic rings. The summed E-state index contributed by atoms with van der Waals surface area (Å²) in [7, 11) is 2.92. The van der Waals surface area contributed by atoms with E-state index in [4.69, 9.17) is 25.8 Å². The van der Waals surface area contributed by atoms with Crippen LogP contribution in [0.1, 0.15) is 16.7 Å². The van der Waals surface area contributed by atoms with Crippen molar-refractivity contribution in [1.82, 2.24) is 0 Å². The molecule has 0 radical (unpaired) electrons. The Hall–Kier alpha value is -4.48. The summed E-state index contributed by atoms with van der Waals surface area (Å²) >= 11 is 6.41. The molecule has 0 aliphatic heterocycles. The van der Waals surface area contributed by atoms with Gasteiger partial charge in [0.15, 0.2) is 18.1 Å². The maximum atomic E-state index is 12.7. The number of hydrogen-bond acceptors (Lipinski definition) is 6.